The SMILES string of the molecule is CC(C)C(CN)Nc1ccc([N+](=O)[O-])c(C#N)c1. The third kappa shape index (κ3) is 3.18. The van der Waals surface area contributed by atoms with Crippen molar-refractivity contribution in [1.82, 2.24) is 0 Å². The number of hydrogen-bond acceptors (Lipinski definition) is 5. The number of nitro benzene ring substituents is 1. The van der Waals surface area contributed by atoms with E-state index in [2.05, 4.69) is 5.32 Å². The van der Waals surface area contributed by atoms with Gasteiger partial charge in [0.05, 0.1) is 4.92 Å². The van der Waals surface area contributed by atoms with Crippen molar-refractivity contribution in [3.63, 3.8) is 0 Å². The number of rotatable bonds is 5. The summed E-state index contributed by atoms with van der Waals surface area (Å²) in [6.45, 7) is 4.51. The summed E-state index contributed by atoms with van der Waals surface area (Å²) in [5.41, 5.74) is 6.16. The van der Waals surface area contributed by atoms with E-state index in [-0.39, 0.29) is 17.3 Å². The lowest BCUT2D eigenvalue weighted by atomic mass is 10.0. The van der Waals surface area contributed by atoms with Gasteiger partial charge >= 0.3 is 0 Å². The van der Waals surface area contributed by atoms with E-state index in [4.69, 9.17) is 11.0 Å². The van der Waals surface area contributed by atoms with E-state index < -0.39 is 4.92 Å². The fourth-order valence-electron chi connectivity index (χ4n) is 1.59. The molecule has 0 aliphatic carbocycles. The summed E-state index contributed by atoms with van der Waals surface area (Å²) < 4.78 is 0. The van der Waals surface area contributed by atoms with Crippen molar-refractivity contribution in [2.24, 2.45) is 11.7 Å². The Morgan fingerprint density at radius 3 is 2.67 bits per heavy atom. The van der Waals surface area contributed by atoms with Gasteiger partial charge in [0.15, 0.2) is 0 Å². The molecule has 1 atom stereocenters. The summed E-state index contributed by atoms with van der Waals surface area (Å²) in [7, 11) is 0. The Labute approximate surface area is 106 Å². The number of nitrogens with two attached hydrogens (primary N) is 1. The van der Waals surface area contributed by atoms with Crippen LogP contribution in [-0.2, 0) is 0 Å². The first-order valence-corrected chi connectivity index (χ1v) is 5.64. The van der Waals surface area contributed by atoms with Crippen LogP contribution in [0.4, 0.5) is 11.4 Å². The molecule has 1 rings (SSSR count). The maximum Gasteiger partial charge on any atom is 0.287 e. The fourth-order valence-corrected chi connectivity index (χ4v) is 1.59. The van der Waals surface area contributed by atoms with Crippen molar-refractivity contribution < 1.29 is 4.92 Å². The third-order valence-electron chi connectivity index (χ3n) is 2.72. The van der Waals surface area contributed by atoms with Gasteiger partial charge < -0.3 is 11.1 Å². The van der Waals surface area contributed by atoms with Crippen LogP contribution in [0.5, 0.6) is 0 Å². The second-order valence-electron chi connectivity index (χ2n) is 4.33. The Morgan fingerprint density at radius 1 is 1.56 bits per heavy atom. The summed E-state index contributed by atoms with van der Waals surface area (Å²) in [5.74, 6) is 0.329. The predicted octanol–water partition coefficient (Wildman–Crippen LogP) is 1.86. The average Bonchev–Trinajstić information content (AvgIpc) is 2.34. The van der Waals surface area contributed by atoms with Gasteiger partial charge in [0.1, 0.15) is 11.6 Å². The Hall–Kier alpha value is -2.13. The van der Waals surface area contributed by atoms with Crippen molar-refractivity contribution in [2.45, 2.75) is 19.9 Å². The van der Waals surface area contributed by atoms with Crippen molar-refractivity contribution in [1.29, 1.82) is 5.26 Å². The first-order valence-electron chi connectivity index (χ1n) is 5.64. The number of nitro groups is 1. The monoisotopic (exact) mass is 248 g/mol. The number of nitrogens with one attached hydrogen (secondary N) is 1. The molecule has 0 radical (unpaired) electrons. The Balaban J connectivity index is 3.00. The molecular weight excluding hydrogens is 232 g/mol. The van der Waals surface area contributed by atoms with Crippen LogP contribution in [0.3, 0.4) is 0 Å². The molecule has 0 aliphatic rings. The van der Waals surface area contributed by atoms with Crippen LogP contribution in [-0.4, -0.2) is 17.5 Å². The van der Waals surface area contributed by atoms with Gasteiger partial charge in [-0.2, -0.15) is 5.26 Å². The lowest BCUT2D eigenvalue weighted by Crippen LogP contribution is -2.33. The first-order chi connectivity index (χ1) is 8.49. The van der Waals surface area contributed by atoms with E-state index in [1.165, 1.54) is 12.1 Å². The van der Waals surface area contributed by atoms with Gasteiger partial charge in [0.2, 0.25) is 0 Å². The summed E-state index contributed by atoms with van der Waals surface area (Å²) in [6, 6.07) is 6.28. The van der Waals surface area contributed by atoms with Crippen LogP contribution in [0, 0.1) is 27.4 Å². The fraction of sp³-hybridized carbons (Fsp3) is 0.417. The molecule has 0 spiro atoms. The molecule has 0 fully saturated rings. The minimum Gasteiger partial charge on any atom is -0.381 e. The van der Waals surface area contributed by atoms with Gasteiger partial charge in [-0.25, -0.2) is 0 Å². The zero-order valence-electron chi connectivity index (χ0n) is 10.4. The number of nitrogens with zero attached hydrogens (tertiary/aromatic N) is 2. The van der Waals surface area contributed by atoms with Crippen LogP contribution in [0.15, 0.2) is 18.2 Å². The normalized spacial score (nSPS) is 11.9. The molecule has 0 bridgehead atoms. The molecule has 3 N–H and O–H groups in total. The molecule has 0 saturated carbocycles. The molecule has 96 valence electrons. The van der Waals surface area contributed by atoms with Crippen molar-refractivity contribution in [3.05, 3.63) is 33.9 Å². The van der Waals surface area contributed by atoms with Crippen LogP contribution in [0.25, 0.3) is 0 Å². The van der Waals surface area contributed by atoms with Crippen LogP contribution in [0.1, 0.15) is 19.4 Å². The summed E-state index contributed by atoms with van der Waals surface area (Å²) in [5, 5.41) is 22.7. The quantitative estimate of drug-likeness (QED) is 0.611. The molecule has 0 heterocycles. The lowest BCUT2D eigenvalue weighted by molar-refractivity contribution is -0.385. The van der Waals surface area contributed by atoms with E-state index in [1.54, 1.807) is 6.07 Å². The number of hydrogen-bond donors (Lipinski definition) is 2. The third-order valence-corrected chi connectivity index (χ3v) is 2.72. The largest absolute Gasteiger partial charge is 0.381 e. The highest BCUT2D eigenvalue weighted by Gasteiger charge is 2.16. The molecule has 18 heavy (non-hydrogen) atoms. The molecule has 0 amide bonds. The maximum atomic E-state index is 10.7. The van der Waals surface area contributed by atoms with Crippen LogP contribution in [0.2, 0.25) is 0 Å². The van der Waals surface area contributed by atoms with Gasteiger partial charge in [-0.05, 0) is 18.1 Å². The second-order valence-corrected chi connectivity index (χ2v) is 4.33. The zero-order chi connectivity index (χ0) is 13.7. The number of nitriles is 1. The van der Waals surface area contributed by atoms with Crippen molar-refractivity contribution in [3.8, 4) is 6.07 Å². The van der Waals surface area contributed by atoms with Gasteiger partial charge in [-0.3, -0.25) is 10.1 Å². The summed E-state index contributed by atoms with van der Waals surface area (Å²) in [4.78, 5) is 10.1. The van der Waals surface area contributed by atoms with Gasteiger partial charge in [-0.15, -0.1) is 0 Å². The molecule has 1 unspecified atom stereocenters. The smallest absolute Gasteiger partial charge is 0.287 e. The van der Waals surface area contributed by atoms with Crippen LogP contribution < -0.4 is 11.1 Å². The van der Waals surface area contributed by atoms with E-state index in [0.29, 0.717) is 18.2 Å². The van der Waals surface area contributed by atoms with Gasteiger partial charge in [0.25, 0.3) is 5.69 Å². The topological polar surface area (TPSA) is 105 Å². The molecule has 0 saturated heterocycles. The highest BCUT2D eigenvalue weighted by molar-refractivity contribution is 5.59. The van der Waals surface area contributed by atoms with E-state index in [0.717, 1.165) is 0 Å². The Kier molecular flexibility index (Phi) is 4.63. The molecular formula is C12H16N4O2. The first kappa shape index (κ1) is 13.9. The van der Waals surface area contributed by atoms with E-state index in [1.807, 2.05) is 19.9 Å². The standard InChI is InChI=1S/C12H16N4O2/c1-8(2)11(7-14)15-10-3-4-12(16(17)18)9(5-10)6-13/h3-5,8,11,15H,7,14H2,1-2H3. The van der Waals surface area contributed by atoms with Gasteiger partial charge in [-0.1, -0.05) is 13.8 Å². The van der Waals surface area contributed by atoms with E-state index in [9.17, 15) is 10.1 Å². The van der Waals surface area contributed by atoms with Crippen molar-refractivity contribution in [2.75, 3.05) is 11.9 Å². The summed E-state index contributed by atoms with van der Waals surface area (Å²) >= 11 is 0. The highest BCUT2D eigenvalue weighted by Crippen LogP contribution is 2.22. The zero-order valence-corrected chi connectivity index (χ0v) is 10.4. The summed E-state index contributed by atoms with van der Waals surface area (Å²) in [6.07, 6.45) is 0. The minimum atomic E-state index is -0.564. The number of benzene rings is 1. The Morgan fingerprint density at radius 2 is 2.22 bits per heavy atom. The molecule has 6 heteroatoms. The lowest BCUT2D eigenvalue weighted by Gasteiger charge is -2.21. The number of anilines is 1. The van der Waals surface area contributed by atoms with E-state index >= 15 is 0 Å². The molecule has 0 aliphatic heterocycles. The second kappa shape index (κ2) is 5.98. The predicted molar refractivity (Wildman–Crippen MR) is 69.1 cm³/mol. The van der Waals surface area contributed by atoms with Crippen molar-refractivity contribution >= 4 is 11.4 Å². The molecule has 0 aromatic heterocycles. The molecule has 1 aromatic carbocycles. The average molecular weight is 248 g/mol. The Bertz CT molecular complexity index is 479. The molecule has 1 aromatic rings. The minimum absolute atomic E-state index is 0.0459. The molecule has 6 nitrogen and oxygen atoms in total. The van der Waals surface area contributed by atoms with Gasteiger partial charge in [0, 0.05) is 24.3 Å². The van der Waals surface area contributed by atoms with Crippen LogP contribution >= 0.6 is 0 Å². The highest BCUT2D eigenvalue weighted by atomic mass is 16.6. The maximum absolute atomic E-state index is 10.7.